The van der Waals surface area contributed by atoms with Crippen molar-refractivity contribution in [2.24, 2.45) is 34.0 Å². The third-order valence-electron chi connectivity index (χ3n) is 14.9. The number of furan rings is 1. The van der Waals surface area contributed by atoms with E-state index in [0.717, 1.165) is 14.0 Å². The standard InChI is InChI=1S/C40H50O17/c1-11-21(43)23-25-34(7,27(53-29(23)45)20-12-13-50-15-20)22(51-18(4)41)14-37-35(8)26(24(30(46)49-10)52-19(5)42)33(6)16-38(35)39(48,32(33)54-28(44)17(2)3)31(47)40(25,37)57-36(9,55-37)56-38/h12-13,15,17,22,24-27,31-32,43,47-48H,11,14,16H2,1-10H3/b23-21-/t22-,24+,25+,26-,27-,31+,32-,33+,34+,35-,36?,37-,38-,39-,40+/m0/s1. The number of fused-ring (bicyclic) bond motifs is 3. The Labute approximate surface area is 328 Å². The highest BCUT2D eigenvalue weighted by molar-refractivity contribution is 5.92. The Kier molecular flexibility index (Phi) is 8.23. The molecule has 4 aliphatic carbocycles. The summed E-state index contributed by atoms with van der Waals surface area (Å²) in [5, 5.41) is 39.1. The minimum Gasteiger partial charge on any atom is -0.512 e. The van der Waals surface area contributed by atoms with E-state index in [2.05, 4.69) is 0 Å². The van der Waals surface area contributed by atoms with Gasteiger partial charge < -0.3 is 57.6 Å². The number of aliphatic hydroxyl groups excluding tert-OH is 2. The predicted octanol–water partition coefficient (Wildman–Crippen LogP) is 2.85. The number of carbonyl (C=O) groups excluding carboxylic acids is 5. The normalized spacial score (nSPS) is 48.4. The van der Waals surface area contributed by atoms with Crippen LogP contribution in [0.1, 0.15) is 93.2 Å². The summed E-state index contributed by atoms with van der Waals surface area (Å²) in [5.74, 6) is -10.6. The van der Waals surface area contributed by atoms with Gasteiger partial charge >= 0.3 is 29.8 Å². The average Bonchev–Trinajstić information content (AvgIpc) is 3.83. The monoisotopic (exact) mass is 802 g/mol. The Hall–Kier alpha value is -4.03. The molecule has 8 rings (SSSR count). The van der Waals surface area contributed by atoms with Gasteiger partial charge in [0.2, 0.25) is 6.10 Å². The number of esters is 5. The molecule has 17 heteroatoms. The lowest BCUT2D eigenvalue weighted by Gasteiger charge is -2.77. The topological polar surface area (TPSA) is 233 Å². The van der Waals surface area contributed by atoms with Gasteiger partial charge in [-0.2, -0.15) is 0 Å². The van der Waals surface area contributed by atoms with Crippen molar-refractivity contribution in [3.8, 4) is 0 Å². The Morgan fingerprint density at radius 2 is 1.65 bits per heavy atom. The van der Waals surface area contributed by atoms with Crippen LogP contribution in [0.25, 0.3) is 0 Å². The molecule has 1 aromatic heterocycles. The van der Waals surface area contributed by atoms with Gasteiger partial charge in [0.25, 0.3) is 5.97 Å². The van der Waals surface area contributed by atoms with Gasteiger partial charge in [-0.1, -0.05) is 41.5 Å². The van der Waals surface area contributed by atoms with E-state index in [1.165, 1.54) is 26.4 Å². The van der Waals surface area contributed by atoms with Gasteiger partial charge in [-0.3, -0.25) is 14.4 Å². The molecule has 7 fully saturated rings. The molecule has 17 nitrogen and oxygen atoms in total. The van der Waals surface area contributed by atoms with Crippen LogP contribution in [0.2, 0.25) is 0 Å². The third-order valence-corrected chi connectivity index (χ3v) is 14.9. The summed E-state index contributed by atoms with van der Waals surface area (Å²) in [6, 6.07) is 1.55. The van der Waals surface area contributed by atoms with Crippen LogP contribution in [0.5, 0.6) is 0 Å². The number of hydrogen-bond donors (Lipinski definition) is 3. The molecule has 3 N–H and O–H groups in total. The van der Waals surface area contributed by atoms with Crippen molar-refractivity contribution in [1.29, 1.82) is 0 Å². The summed E-state index contributed by atoms with van der Waals surface area (Å²) in [7, 11) is 1.11. The van der Waals surface area contributed by atoms with Crippen LogP contribution >= 0.6 is 0 Å². The zero-order valence-corrected chi connectivity index (χ0v) is 33.5. The molecule has 2 spiro atoms. The average molecular weight is 803 g/mol. The largest absolute Gasteiger partial charge is 0.512 e. The number of ether oxygens (including phenoxy) is 8. The van der Waals surface area contributed by atoms with Crippen molar-refractivity contribution in [1.82, 2.24) is 0 Å². The summed E-state index contributed by atoms with van der Waals surface area (Å²) in [5.41, 5.74) is -14.2. The van der Waals surface area contributed by atoms with Gasteiger partial charge in [0.1, 0.15) is 47.0 Å². The molecular formula is C40H50O17. The number of aliphatic hydroxyl groups is 3. The maximum Gasteiger partial charge on any atom is 0.347 e. The van der Waals surface area contributed by atoms with Crippen LogP contribution in [0, 0.1) is 34.0 Å². The van der Waals surface area contributed by atoms with E-state index in [4.69, 9.17) is 42.3 Å². The van der Waals surface area contributed by atoms with Gasteiger partial charge in [-0.05, 0) is 12.5 Å². The fourth-order valence-electron chi connectivity index (χ4n) is 13.3. The van der Waals surface area contributed by atoms with Crippen LogP contribution < -0.4 is 0 Å². The summed E-state index contributed by atoms with van der Waals surface area (Å²) in [4.78, 5) is 68.5. The van der Waals surface area contributed by atoms with Gasteiger partial charge in [0.15, 0.2) is 5.60 Å². The highest BCUT2D eigenvalue weighted by Gasteiger charge is 3.05. The molecule has 4 bridgehead atoms. The number of cyclic esters (lactones) is 1. The first-order valence-electron chi connectivity index (χ1n) is 19.3. The molecule has 312 valence electrons. The second kappa shape index (κ2) is 11.8. The molecular weight excluding hydrogens is 752 g/mol. The lowest BCUT2D eigenvalue weighted by atomic mass is 9.32. The second-order valence-electron chi connectivity index (χ2n) is 17.9. The second-order valence-corrected chi connectivity index (χ2v) is 17.9. The predicted molar refractivity (Wildman–Crippen MR) is 187 cm³/mol. The first-order chi connectivity index (χ1) is 26.5. The highest BCUT2D eigenvalue weighted by Crippen LogP contribution is 2.90. The van der Waals surface area contributed by atoms with Gasteiger partial charge in [-0.25, -0.2) is 9.59 Å². The summed E-state index contributed by atoms with van der Waals surface area (Å²) in [6.45, 7) is 13.4. The lowest BCUT2D eigenvalue weighted by Crippen LogP contribution is -2.95. The smallest absolute Gasteiger partial charge is 0.347 e. The highest BCUT2D eigenvalue weighted by atomic mass is 16.9. The molecule has 0 amide bonds. The molecule has 4 heterocycles. The number of methoxy groups -OCH3 is 1. The summed E-state index contributed by atoms with van der Waals surface area (Å²) < 4.78 is 56.2. The van der Waals surface area contributed by atoms with Crippen molar-refractivity contribution in [2.45, 2.75) is 140 Å². The molecule has 3 aliphatic heterocycles. The van der Waals surface area contributed by atoms with E-state index in [1.807, 2.05) is 0 Å². The number of allylic oxidation sites excluding steroid dienone is 1. The maximum absolute atomic E-state index is 14.6. The third kappa shape index (κ3) is 4.19. The van der Waals surface area contributed by atoms with Crippen LogP contribution in [0.15, 0.2) is 34.3 Å². The molecule has 3 saturated heterocycles. The molecule has 0 aromatic carbocycles. The molecule has 15 atom stereocenters. The van der Waals surface area contributed by atoms with Crippen LogP contribution in [0.4, 0.5) is 0 Å². The maximum atomic E-state index is 14.6. The van der Waals surface area contributed by atoms with Gasteiger partial charge in [0, 0.05) is 61.8 Å². The van der Waals surface area contributed by atoms with Crippen LogP contribution in [-0.4, -0.2) is 105 Å². The van der Waals surface area contributed by atoms with E-state index in [1.54, 1.807) is 47.6 Å². The minimum absolute atomic E-state index is 0.114. The quantitative estimate of drug-likeness (QED) is 0.148. The zero-order chi connectivity index (χ0) is 41.8. The van der Waals surface area contributed by atoms with E-state index < -0.39 is 129 Å². The lowest BCUT2D eigenvalue weighted by molar-refractivity contribution is -0.482. The van der Waals surface area contributed by atoms with Crippen LogP contribution in [0.3, 0.4) is 0 Å². The fraction of sp³-hybridized carbons (Fsp3) is 0.725. The Morgan fingerprint density at radius 1 is 0.982 bits per heavy atom. The molecule has 1 aromatic rings. The van der Waals surface area contributed by atoms with E-state index in [0.29, 0.717) is 5.56 Å². The van der Waals surface area contributed by atoms with E-state index in [9.17, 15) is 39.3 Å². The van der Waals surface area contributed by atoms with Crippen molar-refractivity contribution >= 4 is 29.8 Å². The molecule has 1 unspecified atom stereocenters. The van der Waals surface area contributed by atoms with E-state index in [-0.39, 0.29) is 24.8 Å². The fourth-order valence-corrected chi connectivity index (χ4v) is 13.3. The van der Waals surface area contributed by atoms with Crippen molar-refractivity contribution in [3.63, 3.8) is 0 Å². The first kappa shape index (κ1) is 39.8. The van der Waals surface area contributed by atoms with Crippen molar-refractivity contribution < 1.29 is 81.6 Å². The molecule has 4 saturated carbocycles. The van der Waals surface area contributed by atoms with Crippen molar-refractivity contribution in [3.05, 3.63) is 35.5 Å². The SMILES string of the molecule is CC/C(O)=C1/C(=O)O[C@@H](c2ccoc2)[C@]2(C)[C@@H](OC(C)=O)C[C@@]34OC5(C)O[C@]3([C@H]12)[C@H](O)[C@]1(O)[C@@H](OC(=O)C(C)C)[C@]2(C)C[C@]1(O5)[C@@]4(C)[C@H]2[C@@H](OC(C)=O)C(=O)OC. The zero-order valence-electron chi connectivity index (χ0n) is 33.5. The molecule has 7 aliphatic rings. The first-order valence-corrected chi connectivity index (χ1v) is 19.3. The molecule has 57 heavy (non-hydrogen) atoms. The Morgan fingerprint density at radius 3 is 2.21 bits per heavy atom. The van der Waals surface area contributed by atoms with Gasteiger partial charge in [0.05, 0.1) is 36.5 Å². The van der Waals surface area contributed by atoms with Gasteiger partial charge in [-0.15, -0.1) is 0 Å². The number of hydrogen-bond acceptors (Lipinski definition) is 17. The summed E-state index contributed by atoms with van der Waals surface area (Å²) >= 11 is 0. The minimum atomic E-state index is -2.62. The number of rotatable bonds is 8. The van der Waals surface area contributed by atoms with Crippen LogP contribution in [-0.2, 0) is 61.9 Å². The molecule has 0 radical (unpaired) electrons. The number of carbonyl (C=O) groups is 5. The Balaban J connectivity index is 1.54. The van der Waals surface area contributed by atoms with E-state index >= 15 is 0 Å². The van der Waals surface area contributed by atoms with Crippen molar-refractivity contribution in [2.75, 3.05) is 7.11 Å². The Bertz CT molecular complexity index is 1990. The summed E-state index contributed by atoms with van der Waals surface area (Å²) in [6.07, 6.45) is -6.14.